The van der Waals surface area contributed by atoms with Gasteiger partial charge in [-0.2, -0.15) is 0 Å². The van der Waals surface area contributed by atoms with Gasteiger partial charge in [-0.15, -0.1) is 0 Å². The smallest absolute Gasteiger partial charge is 0.251 e. The molecule has 0 atom stereocenters. The molecule has 0 unspecified atom stereocenters. The standard InChI is InChI=1S/C12H14ClF2NO/c1-16(8-12(14)15)7-6-11(17)9-4-2-3-5-10(9)13/h2-5,12H,6-8H2,1H3. The Balaban J connectivity index is 2.48. The highest BCUT2D eigenvalue weighted by atomic mass is 35.5. The normalized spacial score (nSPS) is 11.2. The van der Waals surface area contributed by atoms with E-state index in [0.29, 0.717) is 17.1 Å². The summed E-state index contributed by atoms with van der Waals surface area (Å²) < 4.78 is 24.1. The Bertz CT molecular complexity index is 385. The third kappa shape index (κ3) is 4.79. The molecule has 0 aromatic heterocycles. The van der Waals surface area contributed by atoms with Gasteiger partial charge in [0.15, 0.2) is 5.78 Å². The van der Waals surface area contributed by atoms with Gasteiger partial charge in [0, 0.05) is 18.5 Å². The van der Waals surface area contributed by atoms with Crippen molar-refractivity contribution in [1.29, 1.82) is 0 Å². The highest BCUT2D eigenvalue weighted by Crippen LogP contribution is 2.16. The lowest BCUT2D eigenvalue weighted by Gasteiger charge is -2.15. The maximum absolute atomic E-state index is 12.0. The number of Topliss-reactive ketones (excluding diaryl/α,β-unsaturated/α-hetero) is 1. The maximum Gasteiger partial charge on any atom is 0.251 e. The van der Waals surface area contributed by atoms with Crippen molar-refractivity contribution in [2.45, 2.75) is 12.8 Å². The average Bonchev–Trinajstić information content (AvgIpc) is 2.25. The number of benzene rings is 1. The molecule has 0 aliphatic carbocycles. The average molecular weight is 262 g/mol. The van der Waals surface area contributed by atoms with Gasteiger partial charge in [0.1, 0.15) is 0 Å². The molecule has 0 N–H and O–H groups in total. The molecule has 17 heavy (non-hydrogen) atoms. The molecule has 0 spiro atoms. The van der Waals surface area contributed by atoms with Crippen LogP contribution in [0.4, 0.5) is 8.78 Å². The SMILES string of the molecule is CN(CCC(=O)c1ccccc1Cl)CC(F)F. The van der Waals surface area contributed by atoms with Gasteiger partial charge in [-0.1, -0.05) is 23.7 Å². The molecule has 2 nitrogen and oxygen atoms in total. The molecule has 0 fully saturated rings. The van der Waals surface area contributed by atoms with E-state index in [-0.39, 0.29) is 18.7 Å². The Hall–Kier alpha value is -1.00. The van der Waals surface area contributed by atoms with Crippen molar-refractivity contribution in [2.24, 2.45) is 0 Å². The van der Waals surface area contributed by atoms with Crippen LogP contribution in [-0.2, 0) is 0 Å². The maximum atomic E-state index is 12.0. The molecular weight excluding hydrogens is 248 g/mol. The number of ketones is 1. The zero-order valence-electron chi connectivity index (χ0n) is 9.50. The summed E-state index contributed by atoms with van der Waals surface area (Å²) in [5, 5.41) is 0.397. The van der Waals surface area contributed by atoms with E-state index in [0.717, 1.165) is 0 Å². The second kappa shape index (κ2) is 6.67. The van der Waals surface area contributed by atoms with E-state index < -0.39 is 6.43 Å². The van der Waals surface area contributed by atoms with Crippen molar-refractivity contribution in [3.63, 3.8) is 0 Å². The van der Waals surface area contributed by atoms with E-state index in [1.807, 2.05) is 0 Å². The van der Waals surface area contributed by atoms with E-state index in [9.17, 15) is 13.6 Å². The summed E-state index contributed by atoms with van der Waals surface area (Å²) in [5.41, 5.74) is 0.444. The Kier molecular flexibility index (Phi) is 5.51. The van der Waals surface area contributed by atoms with Gasteiger partial charge in [0.2, 0.25) is 0 Å². The minimum Gasteiger partial charge on any atom is -0.300 e. The minimum absolute atomic E-state index is 0.128. The molecule has 0 bridgehead atoms. The molecule has 1 aromatic carbocycles. The van der Waals surface area contributed by atoms with Crippen molar-refractivity contribution in [1.82, 2.24) is 4.90 Å². The van der Waals surface area contributed by atoms with Gasteiger partial charge in [-0.3, -0.25) is 4.79 Å². The number of hydrogen-bond donors (Lipinski definition) is 0. The molecule has 5 heteroatoms. The van der Waals surface area contributed by atoms with Gasteiger partial charge in [-0.25, -0.2) is 8.78 Å². The molecule has 0 aliphatic heterocycles. The van der Waals surface area contributed by atoms with Crippen LogP contribution in [0, 0.1) is 0 Å². The molecule has 0 heterocycles. The van der Waals surface area contributed by atoms with Crippen LogP contribution in [-0.4, -0.2) is 37.2 Å². The summed E-state index contributed by atoms with van der Waals surface area (Å²) in [7, 11) is 1.56. The van der Waals surface area contributed by atoms with Crippen LogP contribution in [0.15, 0.2) is 24.3 Å². The summed E-state index contributed by atoms with van der Waals surface area (Å²) in [6, 6.07) is 6.74. The van der Waals surface area contributed by atoms with Gasteiger partial charge in [0.25, 0.3) is 6.43 Å². The highest BCUT2D eigenvalue weighted by Gasteiger charge is 2.12. The van der Waals surface area contributed by atoms with Crippen LogP contribution < -0.4 is 0 Å². The van der Waals surface area contributed by atoms with Crippen molar-refractivity contribution >= 4 is 17.4 Å². The number of carbonyl (C=O) groups excluding carboxylic acids is 1. The molecule has 1 aromatic rings. The fraction of sp³-hybridized carbons (Fsp3) is 0.417. The molecule has 1 rings (SSSR count). The Morgan fingerprint density at radius 3 is 2.65 bits per heavy atom. The first kappa shape index (κ1) is 14.1. The van der Waals surface area contributed by atoms with Crippen molar-refractivity contribution in [2.75, 3.05) is 20.1 Å². The van der Waals surface area contributed by atoms with Crippen molar-refractivity contribution < 1.29 is 13.6 Å². The first-order valence-electron chi connectivity index (χ1n) is 5.25. The van der Waals surface area contributed by atoms with Crippen LogP contribution in [0.1, 0.15) is 16.8 Å². The summed E-state index contributed by atoms with van der Waals surface area (Å²) >= 11 is 5.86. The fourth-order valence-corrected chi connectivity index (χ4v) is 1.68. The Morgan fingerprint density at radius 1 is 1.41 bits per heavy atom. The predicted molar refractivity (Wildman–Crippen MR) is 63.9 cm³/mol. The van der Waals surface area contributed by atoms with Crippen LogP contribution in [0.25, 0.3) is 0 Å². The van der Waals surface area contributed by atoms with E-state index in [2.05, 4.69) is 0 Å². The predicted octanol–water partition coefficient (Wildman–Crippen LogP) is 3.11. The molecule has 0 aliphatic rings. The number of halogens is 3. The number of alkyl halides is 2. The number of carbonyl (C=O) groups is 1. The summed E-state index contributed by atoms with van der Waals surface area (Å²) in [6.45, 7) is -0.0236. The first-order valence-corrected chi connectivity index (χ1v) is 5.63. The zero-order chi connectivity index (χ0) is 12.8. The van der Waals surface area contributed by atoms with Crippen LogP contribution in [0.3, 0.4) is 0 Å². The third-order valence-corrected chi connectivity index (χ3v) is 2.67. The molecule has 0 saturated heterocycles. The van der Waals surface area contributed by atoms with E-state index in [4.69, 9.17) is 11.6 Å². The van der Waals surface area contributed by atoms with Gasteiger partial charge in [0.05, 0.1) is 11.6 Å². The first-order chi connectivity index (χ1) is 8.00. The minimum atomic E-state index is -2.38. The van der Waals surface area contributed by atoms with E-state index in [1.165, 1.54) is 4.90 Å². The van der Waals surface area contributed by atoms with E-state index >= 15 is 0 Å². The second-order valence-corrected chi connectivity index (χ2v) is 4.21. The lowest BCUT2D eigenvalue weighted by atomic mass is 10.1. The molecule has 0 amide bonds. The summed E-state index contributed by atoms with van der Waals surface area (Å²) in [6.07, 6.45) is -2.19. The second-order valence-electron chi connectivity index (χ2n) is 3.81. The van der Waals surface area contributed by atoms with Gasteiger partial charge < -0.3 is 4.90 Å². The number of hydrogen-bond acceptors (Lipinski definition) is 2. The molecule has 0 saturated carbocycles. The number of nitrogens with zero attached hydrogens (tertiary/aromatic N) is 1. The molecular formula is C12H14ClF2NO. The Morgan fingerprint density at radius 2 is 2.06 bits per heavy atom. The third-order valence-electron chi connectivity index (χ3n) is 2.34. The van der Waals surface area contributed by atoms with Crippen LogP contribution in [0.2, 0.25) is 5.02 Å². The van der Waals surface area contributed by atoms with E-state index in [1.54, 1.807) is 31.3 Å². The molecule has 94 valence electrons. The highest BCUT2D eigenvalue weighted by molar-refractivity contribution is 6.33. The lowest BCUT2D eigenvalue weighted by Crippen LogP contribution is -2.27. The van der Waals surface area contributed by atoms with Gasteiger partial charge in [-0.05, 0) is 19.2 Å². The summed E-state index contributed by atoms with van der Waals surface area (Å²) in [5.74, 6) is -0.128. The van der Waals surface area contributed by atoms with Crippen LogP contribution in [0.5, 0.6) is 0 Å². The van der Waals surface area contributed by atoms with Crippen molar-refractivity contribution in [3.8, 4) is 0 Å². The van der Waals surface area contributed by atoms with Gasteiger partial charge >= 0.3 is 0 Å². The summed E-state index contributed by atoms with van der Waals surface area (Å²) in [4.78, 5) is 13.2. The quantitative estimate of drug-likeness (QED) is 0.734. The largest absolute Gasteiger partial charge is 0.300 e. The fourth-order valence-electron chi connectivity index (χ4n) is 1.44. The monoisotopic (exact) mass is 261 g/mol. The topological polar surface area (TPSA) is 20.3 Å². The lowest BCUT2D eigenvalue weighted by molar-refractivity contribution is 0.0881. The number of rotatable bonds is 6. The van der Waals surface area contributed by atoms with Crippen LogP contribution >= 0.6 is 11.6 Å². The Labute approximate surface area is 104 Å². The zero-order valence-corrected chi connectivity index (χ0v) is 10.3. The van der Waals surface area contributed by atoms with Crippen molar-refractivity contribution in [3.05, 3.63) is 34.9 Å². The molecule has 0 radical (unpaired) electrons.